The second kappa shape index (κ2) is 6.26. The van der Waals surface area contributed by atoms with Crippen molar-refractivity contribution >= 4 is 34.9 Å². The number of esters is 1. The maximum atomic E-state index is 12.3. The van der Waals surface area contributed by atoms with Crippen molar-refractivity contribution in [3.05, 3.63) is 16.3 Å². The van der Waals surface area contributed by atoms with Gasteiger partial charge in [-0.1, -0.05) is 6.92 Å². The monoisotopic (exact) mass is 311 g/mol. The normalized spacial score (nSPS) is 24.6. The van der Waals surface area contributed by atoms with Gasteiger partial charge in [0.25, 0.3) is 0 Å². The Morgan fingerprint density at radius 2 is 2.00 bits per heavy atom. The lowest BCUT2D eigenvalue weighted by molar-refractivity contribution is -0.145. The van der Waals surface area contributed by atoms with Crippen LogP contribution in [-0.2, 0) is 14.3 Å². The fourth-order valence-corrected chi connectivity index (χ4v) is 3.50. The smallest absolute Gasteiger partial charge is 0.350 e. The molecule has 0 aromatic carbocycles. The maximum Gasteiger partial charge on any atom is 0.350 e. The van der Waals surface area contributed by atoms with Crippen molar-refractivity contribution in [2.24, 2.45) is 17.8 Å². The second-order valence-corrected chi connectivity index (χ2v) is 6.19. The highest BCUT2D eigenvalue weighted by molar-refractivity contribution is 7.12. The molecule has 1 heterocycles. The molecule has 1 aromatic heterocycles. The molecule has 0 bridgehead atoms. The quantitative estimate of drug-likeness (QED) is 0.832. The van der Waals surface area contributed by atoms with Gasteiger partial charge in [0.1, 0.15) is 4.88 Å². The second-order valence-electron chi connectivity index (χ2n) is 5.27. The summed E-state index contributed by atoms with van der Waals surface area (Å²) in [5, 5.41) is 13.5. The lowest BCUT2D eigenvalue weighted by Crippen LogP contribution is -2.30. The van der Waals surface area contributed by atoms with Gasteiger partial charge in [-0.25, -0.2) is 4.79 Å². The average molecular weight is 311 g/mol. The van der Waals surface area contributed by atoms with E-state index in [9.17, 15) is 19.5 Å². The van der Waals surface area contributed by atoms with Crippen molar-refractivity contribution in [1.29, 1.82) is 0 Å². The number of aliphatic carboxylic acids is 1. The largest absolute Gasteiger partial charge is 0.481 e. The number of carboxylic acids is 1. The maximum absolute atomic E-state index is 12.3. The first-order chi connectivity index (χ1) is 9.93. The van der Waals surface area contributed by atoms with E-state index in [0.717, 1.165) is 0 Å². The number of hydrogen-bond donors (Lipinski definition) is 2. The van der Waals surface area contributed by atoms with Crippen LogP contribution in [0.1, 0.15) is 29.4 Å². The number of carboxylic acid groups (broad SMARTS) is 1. The SMILES string of the molecule is COC(=O)c1sccc1NC(=O)C1CC(C)CC1C(=O)O. The molecule has 1 aliphatic rings. The standard InChI is InChI=1S/C14H17NO5S/c1-7-5-8(9(6-7)13(17)18)12(16)15-10-3-4-21-11(10)14(19)20-2/h3-4,7-9H,5-6H2,1-2H3,(H,15,16)(H,17,18). The fourth-order valence-electron chi connectivity index (χ4n) is 2.74. The summed E-state index contributed by atoms with van der Waals surface area (Å²) in [6.07, 6.45) is 1.04. The number of rotatable bonds is 4. The minimum absolute atomic E-state index is 0.199. The number of carbonyl (C=O) groups is 3. The molecule has 3 unspecified atom stereocenters. The van der Waals surface area contributed by atoms with E-state index in [1.54, 1.807) is 11.4 Å². The van der Waals surface area contributed by atoms with E-state index in [2.05, 4.69) is 10.1 Å². The van der Waals surface area contributed by atoms with Gasteiger partial charge in [0.2, 0.25) is 5.91 Å². The molecule has 0 aliphatic heterocycles. The predicted molar refractivity (Wildman–Crippen MR) is 77.3 cm³/mol. The van der Waals surface area contributed by atoms with Gasteiger partial charge in [-0.05, 0) is 30.2 Å². The zero-order chi connectivity index (χ0) is 15.6. The Morgan fingerprint density at radius 3 is 2.62 bits per heavy atom. The molecule has 0 spiro atoms. The van der Waals surface area contributed by atoms with E-state index in [4.69, 9.17) is 0 Å². The highest BCUT2D eigenvalue weighted by atomic mass is 32.1. The van der Waals surface area contributed by atoms with Gasteiger partial charge >= 0.3 is 11.9 Å². The molecule has 114 valence electrons. The molecule has 1 fully saturated rings. The average Bonchev–Trinajstić information content (AvgIpc) is 3.04. The third-order valence-corrected chi connectivity index (χ3v) is 4.64. The number of carbonyl (C=O) groups excluding carboxylic acids is 2. The zero-order valence-corrected chi connectivity index (χ0v) is 12.6. The van der Waals surface area contributed by atoms with Crippen molar-refractivity contribution in [1.82, 2.24) is 0 Å². The molecular formula is C14H17NO5S. The number of amides is 1. The van der Waals surface area contributed by atoms with Crippen LogP contribution < -0.4 is 5.32 Å². The van der Waals surface area contributed by atoms with Crippen molar-refractivity contribution in [3.63, 3.8) is 0 Å². The molecule has 0 radical (unpaired) electrons. The number of nitrogens with one attached hydrogen (secondary N) is 1. The molecule has 1 amide bonds. The van der Waals surface area contributed by atoms with Crippen LogP contribution in [0.4, 0.5) is 5.69 Å². The van der Waals surface area contributed by atoms with Gasteiger partial charge in [-0.15, -0.1) is 11.3 Å². The molecule has 2 rings (SSSR count). The van der Waals surface area contributed by atoms with Gasteiger partial charge in [0, 0.05) is 0 Å². The third kappa shape index (κ3) is 3.24. The summed E-state index contributed by atoms with van der Waals surface area (Å²) in [6.45, 7) is 1.94. The molecule has 6 nitrogen and oxygen atoms in total. The summed E-state index contributed by atoms with van der Waals surface area (Å²) >= 11 is 1.17. The highest BCUT2D eigenvalue weighted by Gasteiger charge is 2.41. The van der Waals surface area contributed by atoms with Crippen LogP contribution in [0.15, 0.2) is 11.4 Å². The van der Waals surface area contributed by atoms with E-state index in [0.29, 0.717) is 23.4 Å². The van der Waals surface area contributed by atoms with E-state index in [1.807, 2.05) is 6.92 Å². The molecule has 2 N–H and O–H groups in total. The Balaban J connectivity index is 2.13. The molecule has 3 atom stereocenters. The van der Waals surface area contributed by atoms with Crippen LogP contribution in [-0.4, -0.2) is 30.1 Å². The van der Waals surface area contributed by atoms with Gasteiger partial charge in [-0.2, -0.15) is 0 Å². The lowest BCUT2D eigenvalue weighted by Gasteiger charge is -2.15. The molecule has 21 heavy (non-hydrogen) atoms. The van der Waals surface area contributed by atoms with Gasteiger partial charge in [-0.3, -0.25) is 9.59 Å². The van der Waals surface area contributed by atoms with E-state index in [1.165, 1.54) is 18.4 Å². The molecular weight excluding hydrogens is 294 g/mol. The predicted octanol–water partition coefficient (Wildman–Crippen LogP) is 2.22. The van der Waals surface area contributed by atoms with E-state index >= 15 is 0 Å². The topological polar surface area (TPSA) is 92.7 Å². The summed E-state index contributed by atoms with van der Waals surface area (Å²) in [5.41, 5.74) is 0.376. The van der Waals surface area contributed by atoms with Crippen LogP contribution >= 0.6 is 11.3 Å². The fraction of sp³-hybridized carbons (Fsp3) is 0.500. The first-order valence-corrected chi connectivity index (χ1v) is 7.51. The van der Waals surface area contributed by atoms with Crippen molar-refractivity contribution in [2.45, 2.75) is 19.8 Å². The summed E-state index contributed by atoms with van der Waals surface area (Å²) in [6, 6.07) is 1.61. The van der Waals surface area contributed by atoms with Crippen molar-refractivity contribution in [3.8, 4) is 0 Å². The minimum Gasteiger partial charge on any atom is -0.481 e. The molecule has 0 saturated heterocycles. The van der Waals surface area contributed by atoms with Crippen molar-refractivity contribution < 1.29 is 24.2 Å². The van der Waals surface area contributed by atoms with Crippen molar-refractivity contribution in [2.75, 3.05) is 12.4 Å². The highest BCUT2D eigenvalue weighted by Crippen LogP contribution is 2.37. The summed E-state index contributed by atoms with van der Waals surface area (Å²) in [7, 11) is 1.27. The lowest BCUT2D eigenvalue weighted by atomic mass is 9.95. The van der Waals surface area contributed by atoms with Crippen LogP contribution in [0.2, 0.25) is 0 Å². The number of thiophene rings is 1. The minimum atomic E-state index is -0.946. The van der Waals surface area contributed by atoms with Crippen LogP contribution in [0, 0.1) is 17.8 Å². The number of methoxy groups -OCH3 is 1. The first-order valence-electron chi connectivity index (χ1n) is 6.63. The summed E-state index contributed by atoms with van der Waals surface area (Å²) < 4.78 is 4.64. The number of anilines is 1. The Bertz CT molecular complexity index is 567. The van der Waals surface area contributed by atoms with Gasteiger partial charge < -0.3 is 15.2 Å². The Labute approximate surface area is 126 Å². The van der Waals surface area contributed by atoms with E-state index in [-0.39, 0.29) is 11.8 Å². The zero-order valence-electron chi connectivity index (χ0n) is 11.8. The first kappa shape index (κ1) is 15.5. The number of hydrogen-bond acceptors (Lipinski definition) is 5. The van der Waals surface area contributed by atoms with Crippen LogP contribution in [0.25, 0.3) is 0 Å². The Hall–Kier alpha value is -1.89. The molecule has 1 aliphatic carbocycles. The summed E-state index contributed by atoms with van der Waals surface area (Å²) in [5.74, 6) is -2.85. The Kier molecular flexibility index (Phi) is 4.62. The van der Waals surface area contributed by atoms with Gasteiger partial charge in [0.15, 0.2) is 0 Å². The molecule has 1 aromatic rings. The molecule has 7 heteroatoms. The van der Waals surface area contributed by atoms with E-state index < -0.39 is 23.8 Å². The van der Waals surface area contributed by atoms with Crippen LogP contribution in [0.5, 0.6) is 0 Å². The number of ether oxygens (including phenoxy) is 1. The molecule has 1 saturated carbocycles. The van der Waals surface area contributed by atoms with Crippen LogP contribution in [0.3, 0.4) is 0 Å². The third-order valence-electron chi connectivity index (χ3n) is 3.75. The summed E-state index contributed by atoms with van der Waals surface area (Å²) in [4.78, 5) is 35.4. The van der Waals surface area contributed by atoms with Gasteiger partial charge in [0.05, 0.1) is 24.6 Å². The Morgan fingerprint density at radius 1 is 1.33 bits per heavy atom.